The second-order valence-corrected chi connectivity index (χ2v) is 7.69. The summed E-state index contributed by atoms with van der Waals surface area (Å²) in [5.41, 5.74) is 4.26. The lowest BCUT2D eigenvalue weighted by Crippen LogP contribution is -2.41. The number of dihydropyridines is 1. The van der Waals surface area contributed by atoms with Crippen molar-refractivity contribution >= 4 is 35.1 Å². The molecule has 0 bridgehead atoms. The molecule has 0 radical (unpaired) electrons. The second kappa shape index (κ2) is 8.19. The predicted octanol–water partition coefficient (Wildman–Crippen LogP) is 4.01. The maximum absolute atomic E-state index is 11.6. The molecule has 1 fully saturated rings. The number of aromatic amines is 1. The first kappa shape index (κ1) is 18.7. The van der Waals surface area contributed by atoms with Crippen LogP contribution in [0, 0.1) is 0 Å². The number of carbonyl (C=O) groups excluding carboxylic acids is 1. The summed E-state index contributed by atoms with van der Waals surface area (Å²) in [4.78, 5) is 17.8. The van der Waals surface area contributed by atoms with E-state index in [9.17, 15) is 4.79 Å². The molecule has 2 aliphatic rings. The maximum atomic E-state index is 11.6. The zero-order chi connectivity index (χ0) is 19.5. The van der Waals surface area contributed by atoms with E-state index in [0.29, 0.717) is 11.1 Å². The van der Waals surface area contributed by atoms with E-state index < -0.39 is 0 Å². The third-order valence-electron chi connectivity index (χ3n) is 5.39. The van der Waals surface area contributed by atoms with Gasteiger partial charge in [0.2, 0.25) is 5.91 Å². The van der Waals surface area contributed by atoms with Gasteiger partial charge in [0.1, 0.15) is 11.5 Å². The fourth-order valence-corrected chi connectivity index (χ4v) is 3.94. The molecule has 2 N–H and O–H groups in total. The first-order valence-corrected chi connectivity index (χ1v) is 10.1. The third-order valence-corrected chi connectivity index (χ3v) is 5.64. The Morgan fingerprint density at radius 3 is 2.64 bits per heavy atom. The molecule has 146 valence electrons. The van der Waals surface area contributed by atoms with Crippen LogP contribution < -0.4 is 5.32 Å². The lowest BCUT2D eigenvalue weighted by molar-refractivity contribution is -0.129. The smallest absolute Gasteiger partial charge is 0.219 e. The van der Waals surface area contributed by atoms with Crippen molar-refractivity contribution in [2.24, 2.45) is 4.99 Å². The molecule has 1 saturated heterocycles. The van der Waals surface area contributed by atoms with Crippen LogP contribution in [0.1, 0.15) is 31.7 Å². The zero-order valence-electron chi connectivity index (χ0n) is 15.9. The third kappa shape index (κ3) is 3.97. The van der Waals surface area contributed by atoms with Gasteiger partial charge < -0.3 is 10.2 Å². The van der Waals surface area contributed by atoms with Crippen LogP contribution >= 0.6 is 11.6 Å². The molecule has 1 aromatic carbocycles. The van der Waals surface area contributed by atoms with E-state index in [1.165, 1.54) is 5.57 Å². The number of H-pyrrole nitrogens is 1. The average molecular weight is 398 g/mol. The number of anilines is 1. The minimum atomic E-state index is 0.150. The summed E-state index contributed by atoms with van der Waals surface area (Å²) in [6, 6.07) is 8.07. The van der Waals surface area contributed by atoms with Crippen molar-refractivity contribution in [2.75, 3.05) is 25.0 Å². The first-order chi connectivity index (χ1) is 13.6. The fraction of sp³-hybridized carbons (Fsp3) is 0.381. The van der Waals surface area contributed by atoms with Crippen LogP contribution in [0.3, 0.4) is 0 Å². The molecule has 0 atom stereocenters. The summed E-state index contributed by atoms with van der Waals surface area (Å²) in [6.07, 6.45) is 6.67. The van der Waals surface area contributed by atoms with E-state index >= 15 is 0 Å². The van der Waals surface area contributed by atoms with Crippen LogP contribution in [-0.2, 0) is 4.79 Å². The Bertz CT molecular complexity index is 907. The Balaban J connectivity index is 1.62. The summed E-state index contributed by atoms with van der Waals surface area (Å²) < 4.78 is 0. The lowest BCUT2D eigenvalue weighted by Gasteiger charge is -2.32. The highest BCUT2D eigenvalue weighted by Crippen LogP contribution is 2.36. The minimum Gasteiger partial charge on any atom is -0.367 e. The van der Waals surface area contributed by atoms with Gasteiger partial charge >= 0.3 is 0 Å². The van der Waals surface area contributed by atoms with E-state index in [0.717, 1.165) is 61.5 Å². The molecule has 4 rings (SSSR count). The van der Waals surface area contributed by atoms with Crippen LogP contribution in [0.5, 0.6) is 0 Å². The van der Waals surface area contributed by atoms with Crippen LogP contribution in [0.25, 0.3) is 16.8 Å². The molecule has 2 aliphatic heterocycles. The Morgan fingerprint density at radius 2 is 2.00 bits per heavy atom. The molecule has 0 spiro atoms. The number of aromatic nitrogens is 2. The molecule has 1 amide bonds. The Morgan fingerprint density at radius 1 is 1.25 bits per heavy atom. The van der Waals surface area contributed by atoms with E-state index in [-0.39, 0.29) is 5.91 Å². The summed E-state index contributed by atoms with van der Waals surface area (Å²) in [5.74, 6) is 1.09. The molecule has 6 nitrogen and oxygen atoms in total. The number of benzene rings is 1. The van der Waals surface area contributed by atoms with Gasteiger partial charge in [-0.2, -0.15) is 5.10 Å². The van der Waals surface area contributed by atoms with Gasteiger partial charge in [-0.1, -0.05) is 23.7 Å². The molecular formula is C21H24ClN5O. The number of nitrogens with one attached hydrogen (secondary N) is 2. The topological polar surface area (TPSA) is 73.4 Å². The van der Waals surface area contributed by atoms with E-state index in [2.05, 4.69) is 26.6 Å². The first-order valence-electron chi connectivity index (χ1n) is 9.67. The number of amides is 1. The van der Waals surface area contributed by atoms with Gasteiger partial charge in [0.05, 0.1) is 0 Å². The lowest BCUT2D eigenvalue weighted by atomic mass is 9.96. The number of rotatable bonds is 4. The SMILES string of the molecule is CC(=O)N1CCC(Nc2[nH]nc(-c3ccc(Cl)cc3)c2C2=CC=NCC2)CC1. The van der Waals surface area contributed by atoms with Crippen LogP contribution in [-0.4, -0.2) is 52.9 Å². The number of hydrogen-bond acceptors (Lipinski definition) is 4. The Labute approximate surface area is 169 Å². The van der Waals surface area contributed by atoms with Crippen molar-refractivity contribution in [3.05, 3.63) is 40.9 Å². The minimum absolute atomic E-state index is 0.150. The Hall–Kier alpha value is -2.60. The number of allylic oxidation sites excluding steroid dienone is 1. The molecule has 28 heavy (non-hydrogen) atoms. The van der Waals surface area contributed by atoms with Crippen LogP contribution in [0.4, 0.5) is 5.82 Å². The quantitative estimate of drug-likeness (QED) is 0.818. The van der Waals surface area contributed by atoms with Gasteiger partial charge in [0.15, 0.2) is 0 Å². The standard InChI is InChI=1S/C21H24ClN5O/c1-14(28)27-12-8-18(9-13-27)24-21-19(15-6-10-23-11-7-15)20(25-26-21)16-2-4-17(22)5-3-16/h2-6,10,18H,7-9,11-13H2,1H3,(H2,24,25,26). The highest BCUT2D eigenvalue weighted by Gasteiger charge is 2.24. The van der Waals surface area contributed by atoms with Gasteiger partial charge in [-0.3, -0.25) is 14.9 Å². The van der Waals surface area contributed by atoms with Crippen LogP contribution in [0.15, 0.2) is 35.3 Å². The summed E-state index contributed by atoms with van der Waals surface area (Å²) in [6.45, 7) is 4.00. The molecule has 0 unspecified atom stereocenters. The largest absolute Gasteiger partial charge is 0.367 e. The van der Waals surface area contributed by atoms with Gasteiger partial charge in [-0.25, -0.2) is 0 Å². The van der Waals surface area contributed by atoms with Crippen molar-refractivity contribution in [3.8, 4) is 11.3 Å². The van der Waals surface area contributed by atoms with Gasteiger partial charge in [0.25, 0.3) is 0 Å². The van der Waals surface area contributed by atoms with Crippen molar-refractivity contribution < 1.29 is 4.79 Å². The summed E-state index contributed by atoms with van der Waals surface area (Å²) in [7, 11) is 0. The predicted molar refractivity (Wildman–Crippen MR) is 114 cm³/mol. The normalized spacial score (nSPS) is 17.5. The number of hydrogen-bond donors (Lipinski definition) is 2. The fourth-order valence-electron chi connectivity index (χ4n) is 3.81. The van der Waals surface area contributed by atoms with Crippen molar-refractivity contribution in [2.45, 2.75) is 32.2 Å². The monoisotopic (exact) mass is 397 g/mol. The highest BCUT2D eigenvalue weighted by atomic mass is 35.5. The number of piperidine rings is 1. The Kier molecular flexibility index (Phi) is 5.48. The highest BCUT2D eigenvalue weighted by molar-refractivity contribution is 6.30. The van der Waals surface area contributed by atoms with Gasteiger partial charge in [-0.05, 0) is 43.0 Å². The number of likely N-dealkylation sites (tertiary alicyclic amines) is 1. The van der Waals surface area contributed by atoms with Crippen molar-refractivity contribution in [1.82, 2.24) is 15.1 Å². The number of nitrogens with zero attached hydrogens (tertiary/aromatic N) is 3. The summed E-state index contributed by atoms with van der Waals surface area (Å²) >= 11 is 6.06. The second-order valence-electron chi connectivity index (χ2n) is 7.25. The average Bonchev–Trinajstić information content (AvgIpc) is 3.13. The van der Waals surface area contributed by atoms with Crippen molar-refractivity contribution in [3.63, 3.8) is 0 Å². The van der Waals surface area contributed by atoms with Crippen LogP contribution in [0.2, 0.25) is 5.02 Å². The molecule has 0 saturated carbocycles. The molecule has 0 aliphatic carbocycles. The number of aliphatic imine (C=N–C) groups is 1. The molecule has 1 aromatic heterocycles. The number of carbonyl (C=O) groups is 1. The summed E-state index contributed by atoms with van der Waals surface area (Å²) in [5, 5.41) is 12.2. The van der Waals surface area contributed by atoms with Gasteiger partial charge in [0, 0.05) is 55.0 Å². The number of halogens is 1. The zero-order valence-corrected chi connectivity index (χ0v) is 16.7. The molecular weight excluding hydrogens is 374 g/mol. The van der Waals surface area contributed by atoms with E-state index in [4.69, 9.17) is 11.6 Å². The maximum Gasteiger partial charge on any atom is 0.219 e. The van der Waals surface area contributed by atoms with Crippen molar-refractivity contribution in [1.29, 1.82) is 0 Å². The molecule has 3 heterocycles. The van der Waals surface area contributed by atoms with Gasteiger partial charge in [-0.15, -0.1) is 0 Å². The molecule has 7 heteroatoms. The van der Waals surface area contributed by atoms with E-state index in [1.54, 1.807) is 6.92 Å². The van der Waals surface area contributed by atoms with E-state index in [1.807, 2.05) is 35.4 Å². The molecule has 2 aromatic rings.